The van der Waals surface area contributed by atoms with Gasteiger partial charge in [-0.2, -0.15) is 0 Å². The first kappa shape index (κ1) is 16.8. The summed E-state index contributed by atoms with van der Waals surface area (Å²) in [7, 11) is 0. The van der Waals surface area contributed by atoms with Gasteiger partial charge in [0, 0.05) is 15.5 Å². The van der Waals surface area contributed by atoms with Gasteiger partial charge in [0.1, 0.15) is 5.58 Å². The first-order chi connectivity index (χ1) is 11.6. The molecule has 0 atom stereocenters. The second-order valence-corrected chi connectivity index (χ2v) is 7.02. The molecule has 0 saturated carbocycles. The molecule has 0 radical (unpaired) electrons. The summed E-state index contributed by atoms with van der Waals surface area (Å²) in [5.41, 5.74) is 1.42. The smallest absolute Gasteiger partial charge is 0.234 e. The molecule has 0 unspecified atom stereocenters. The van der Waals surface area contributed by atoms with E-state index in [-0.39, 0.29) is 23.2 Å². The van der Waals surface area contributed by atoms with Crippen LogP contribution in [0.5, 0.6) is 0 Å². The molecule has 0 spiro atoms. The Morgan fingerprint density at radius 2 is 1.83 bits per heavy atom. The molecule has 4 nitrogen and oxygen atoms in total. The molecule has 24 heavy (non-hydrogen) atoms. The number of para-hydroxylation sites is 1. The summed E-state index contributed by atoms with van der Waals surface area (Å²) < 4.78 is 6.49. The Kier molecular flexibility index (Phi) is 5.37. The molecular formula is C18H14BrNO3S. The number of ketones is 1. The summed E-state index contributed by atoms with van der Waals surface area (Å²) in [4.78, 5) is 24.0. The maximum atomic E-state index is 12.2. The molecule has 1 N–H and O–H groups in total. The number of rotatable bonds is 6. The molecular weight excluding hydrogens is 390 g/mol. The van der Waals surface area contributed by atoms with Crippen LogP contribution < -0.4 is 5.32 Å². The van der Waals surface area contributed by atoms with Crippen LogP contribution >= 0.6 is 27.7 Å². The fourth-order valence-corrected chi connectivity index (χ4v) is 3.24. The molecule has 0 aliphatic heterocycles. The Hall–Kier alpha value is -2.05. The van der Waals surface area contributed by atoms with E-state index in [1.807, 2.05) is 48.5 Å². The van der Waals surface area contributed by atoms with Crippen LogP contribution in [0.25, 0.3) is 11.0 Å². The molecule has 3 aromatic rings. The predicted molar refractivity (Wildman–Crippen MR) is 101 cm³/mol. The van der Waals surface area contributed by atoms with Crippen LogP contribution in [0.15, 0.2) is 63.5 Å². The molecule has 1 amide bonds. The molecule has 3 rings (SSSR count). The molecule has 0 bridgehead atoms. The first-order valence-electron chi connectivity index (χ1n) is 7.27. The fourth-order valence-electron chi connectivity index (χ4n) is 2.18. The van der Waals surface area contributed by atoms with Gasteiger partial charge in [0.25, 0.3) is 0 Å². The molecule has 2 aromatic carbocycles. The normalized spacial score (nSPS) is 10.7. The Morgan fingerprint density at radius 1 is 1.04 bits per heavy atom. The van der Waals surface area contributed by atoms with Gasteiger partial charge in [-0.25, -0.2) is 0 Å². The van der Waals surface area contributed by atoms with Crippen molar-refractivity contribution in [2.75, 3.05) is 16.8 Å². The number of hydrogen-bond donors (Lipinski definition) is 1. The van der Waals surface area contributed by atoms with Crippen molar-refractivity contribution < 1.29 is 14.0 Å². The highest BCUT2D eigenvalue weighted by Gasteiger charge is 2.13. The lowest BCUT2D eigenvalue weighted by Gasteiger charge is -2.04. The van der Waals surface area contributed by atoms with Gasteiger partial charge in [0.05, 0.1) is 11.5 Å². The van der Waals surface area contributed by atoms with Gasteiger partial charge in [0.2, 0.25) is 11.7 Å². The maximum Gasteiger partial charge on any atom is 0.234 e. The van der Waals surface area contributed by atoms with Crippen molar-refractivity contribution in [3.8, 4) is 0 Å². The quantitative estimate of drug-likeness (QED) is 0.603. The highest BCUT2D eigenvalue weighted by molar-refractivity contribution is 9.10. The van der Waals surface area contributed by atoms with E-state index >= 15 is 0 Å². The van der Waals surface area contributed by atoms with Crippen LogP contribution in [0.2, 0.25) is 0 Å². The highest BCUT2D eigenvalue weighted by Crippen LogP contribution is 2.24. The minimum atomic E-state index is -0.132. The highest BCUT2D eigenvalue weighted by atomic mass is 79.9. The molecule has 0 fully saturated rings. The Bertz CT molecular complexity index is 876. The first-order valence-corrected chi connectivity index (χ1v) is 9.21. The van der Waals surface area contributed by atoms with Crippen molar-refractivity contribution in [3.05, 3.63) is 64.8 Å². The zero-order valence-electron chi connectivity index (χ0n) is 12.6. The van der Waals surface area contributed by atoms with Crippen molar-refractivity contribution >= 4 is 56.0 Å². The number of nitrogens with one attached hydrogen (secondary N) is 1. The lowest BCUT2D eigenvalue weighted by Crippen LogP contribution is -2.15. The minimum absolute atomic E-state index is 0.125. The van der Waals surface area contributed by atoms with Gasteiger partial charge in [0.15, 0.2) is 5.76 Å². The number of fused-ring (bicyclic) bond motifs is 1. The van der Waals surface area contributed by atoms with E-state index in [1.54, 1.807) is 6.07 Å². The van der Waals surface area contributed by atoms with Gasteiger partial charge >= 0.3 is 0 Å². The minimum Gasteiger partial charge on any atom is -0.453 e. The second kappa shape index (κ2) is 7.68. The van der Waals surface area contributed by atoms with E-state index in [0.717, 1.165) is 15.5 Å². The van der Waals surface area contributed by atoms with Crippen LogP contribution in [0.3, 0.4) is 0 Å². The van der Waals surface area contributed by atoms with Crippen molar-refractivity contribution in [1.82, 2.24) is 0 Å². The topological polar surface area (TPSA) is 59.3 Å². The summed E-state index contributed by atoms with van der Waals surface area (Å²) in [5, 5.41) is 3.66. The van der Waals surface area contributed by atoms with Crippen molar-refractivity contribution in [2.24, 2.45) is 0 Å². The molecule has 122 valence electrons. The average Bonchev–Trinajstić information content (AvgIpc) is 2.99. The zero-order chi connectivity index (χ0) is 16.9. The van der Waals surface area contributed by atoms with Crippen molar-refractivity contribution in [2.45, 2.75) is 0 Å². The van der Waals surface area contributed by atoms with Gasteiger partial charge in [-0.15, -0.1) is 11.8 Å². The fraction of sp³-hybridized carbons (Fsp3) is 0.111. The number of halogens is 1. The number of hydrogen-bond acceptors (Lipinski definition) is 4. The van der Waals surface area contributed by atoms with Crippen molar-refractivity contribution in [1.29, 1.82) is 0 Å². The van der Waals surface area contributed by atoms with E-state index in [4.69, 9.17) is 4.42 Å². The zero-order valence-corrected chi connectivity index (χ0v) is 15.0. The number of thioether (sulfide) groups is 1. The molecule has 1 heterocycles. The SMILES string of the molecule is O=C(CSCC(=O)c1cc2cc(Br)ccc2o1)Nc1ccccc1. The molecule has 6 heteroatoms. The van der Waals surface area contributed by atoms with E-state index in [0.29, 0.717) is 11.3 Å². The third-order valence-corrected chi connectivity index (χ3v) is 4.70. The summed E-state index contributed by atoms with van der Waals surface area (Å²) in [6.07, 6.45) is 0. The Labute approximate surface area is 151 Å². The molecule has 0 aliphatic rings. The molecule has 1 aromatic heterocycles. The molecule has 0 aliphatic carbocycles. The van der Waals surface area contributed by atoms with E-state index in [9.17, 15) is 9.59 Å². The van der Waals surface area contributed by atoms with Gasteiger partial charge < -0.3 is 9.73 Å². The maximum absolute atomic E-state index is 12.2. The lowest BCUT2D eigenvalue weighted by atomic mass is 10.2. The average molecular weight is 404 g/mol. The van der Waals surface area contributed by atoms with Crippen LogP contribution in [0.1, 0.15) is 10.6 Å². The summed E-state index contributed by atoms with van der Waals surface area (Å²) >= 11 is 4.65. The lowest BCUT2D eigenvalue weighted by molar-refractivity contribution is -0.113. The Morgan fingerprint density at radius 3 is 2.62 bits per heavy atom. The predicted octanol–water partition coefficient (Wildman–Crippen LogP) is 4.75. The number of carbonyl (C=O) groups is 2. The standard InChI is InChI=1S/C18H14BrNO3S/c19-13-6-7-16-12(8-13)9-17(23-16)15(21)10-24-11-18(22)20-14-4-2-1-3-5-14/h1-9H,10-11H2,(H,20,22). The third kappa shape index (κ3) is 4.27. The van der Waals surface area contributed by atoms with Crippen LogP contribution in [0, 0.1) is 0 Å². The number of Topliss-reactive ketones (excluding diaryl/α,β-unsaturated/α-hetero) is 1. The number of benzene rings is 2. The van der Waals surface area contributed by atoms with E-state index in [1.165, 1.54) is 11.8 Å². The van der Waals surface area contributed by atoms with Crippen molar-refractivity contribution in [3.63, 3.8) is 0 Å². The van der Waals surface area contributed by atoms with Crippen LogP contribution in [-0.4, -0.2) is 23.2 Å². The van der Waals surface area contributed by atoms with Crippen LogP contribution in [-0.2, 0) is 4.79 Å². The van der Waals surface area contributed by atoms with Gasteiger partial charge in [-0.3, -0.25) is 9.59 Å². The van der Waals surface area contributed by atoms with Gasteiger partial charge in [-0.1, -0.05) is 34.1 Å². The summed E-state index contributed by atoms with van der Waals surface area (Å²) in [5.74, 6) is 0.474. The third-order valence-electron chi connectivity index (χ3n) is 3.28. The summed E-state index contributed by atoms with van der Waals surface area (Å²) in [6.45, 7) is 0. The second-order valence-electron chi connectivity index (χ2n) is 5.12. The largest absolute Gasteiger partial charge is 0.453 e. The number of anilines is 1. The van der Waals surface area contributed by atoms with E-state index in [2.05, 4.69) is 21.2 Å². The Balaban J connectivity index is 1.52. The van der Waals surface area contributed by atoms with Gasteiger partial charge in [-0.05, 0) is 36.4 Å². The number of amides is 1. The van der Waals surface area contributed by atoms with Crippen LogP contribution in [0.4, 0.5) is 5.69 Å². The summed E-state index contributed by atoms with van der Waals surface area (Å²) in [6, 6.07) is 16.5. The molecule has 0 saturated heterocycles. The van der Waals surface area contributed by atoms with E-state index < -0.39 is 0 Å². The number of carbonyl (C=O) groups excluding carboxylic acids is 2. The number of furan rings is 1. The monoisotopic (exact) mass is 403 g/mol.